The van der Waals surface area contributed by atoms with E-state index in [1.54, 1.807) is 0 Å². The average molecular weight is 312 g/mol. The number of carbonyl (C=O) groups excluding carboxylic acids is 1. The maximum atomic E-state index is 12.8. The van der Waals surface area contributed by atoms with Crippen LogP contribution in [-0.4, -0.2) is 5.78 Å². The molecule has 0 aliphatic heterocycles. The van der Waals surface area contributed by atoms with E-state index >= 15 is 0 Å². The van der Waals surface area contributed by atoms with E-state index in [1.807, 2.05) is 30.3 Å². The van der Waals surface area contributed by atoms with Crippen molar-refractivity contribution >= 4 is 5.78 Å². The summed E-state index contributed by atoms with van der Waals surface area (Å²) in [6.07, 6.45) is 0. The summed E-state index contributed by atoms with van der Waals surface area (Å²) in [5.41, 5.74) is 7.32. The summed E-state index contributed by atoms with van der Waals surface area (Å²) < 4.78 is 0. The van der Waals surface area contributed by atoms with E-state index in [9.17, 15) is 4.79 Å². The highest BCUT2D eigenvalue weighted by Gasteiger charge is 2.28. The molecule has 3 aromatic rings. The smallest absolute Gasteiger partial charge is 0.194 e. The Kier molecular flexibility index (Phi) is 3.21. The van der Waals surface area contributed by atoms with Gasteiger partial charge in [-0.05, 0) is 51.4 Å². The third kappa shape index (κ3) is 2.28. The zero-order valence-corrected chi connectivity index (χ0v) is 14.3. The molecule has 0 fully saturated rings. The lowest BCUT2D eigenvalue weighted by molar-refractivity contribution is 0.104. The first kappa shape index (κ1) is 14.9. The van der Waals surface area contributed by atoms with Crippen molar-refractivity contribution in [3.63, 3.8) is 0 Å². The zero-order valence-electron chi connectivity index (χ0n) is 14.3. The van der Waals surface area contributed by atoms with Crippen LogP contribution in [0.2, 0.25) is 0 Å². The number of carbonyl (C=O) groups is 1. The van der Waals surface area contributed by atoms with Gasteiger partial charge in [0.15, 0.2) is 5.78 Å². The van der Waals surface area contributed by atoms with Crippen molar-refractivity contribution in [2.75, 3.05) is 0 Å². The molecule has 0 atom stereocenters. The molecule has 0 spiro atoms. The lowest BCUT2D eigenvalue weighted by Crippen LogP contribution is -2.11. The number of rotatable bonds is 1. The van der Waals surface area contributed by atoms with Crippen LogP contribution < -0.4 is 0 Å². The fourth-order valence-corrected chi connectivity index (χ4v) is 3.35. The third-order valence-electron chi connectivity index (χ3n) is 4.79. The summed E-state index contributed by atoms with van der Waals surface area (Å²) in [6.45, 7) is 6.53. The second-order valence-electron chi connectivity index (χ2n) is 7.47. The van der Waals surface area contributed by atoms with Crippen LogP contribution in [0.4, 0.5) is 0 Å². The molecule has 118 valence electrons. The molecule has 24 heavy (non-hydrogen) atoms. The number of hydrogen-bond acceptors (Lipinski definition) is 1. The van der Waals surface area contributed by atoms with Gasteiger partial charge in [0.25, 0.3) is 0 Å². The molecule has 1 heteroatoms. The Labute approximate surface area is 143 Å². The van der Waals surface area contributed by atoms with E-state index < -0.39 is 0 Å². The Bertz CT molecular complexity index is 944. The Morgan fingerprint density at radius 1 is 0.625 bits per heavy atom. The molecule has 0 N–H and O–H groups in total. The van der Waals surface area contributed by atoms with Crippen LogP contribution in [0.15, 0.2) is 66.7 Å². The molecule has 0 bridgehead atoms. The predicted octanol–water partition coefficient (Wildman–Crippen LogP) is 5.86. The van der Waals surface area contributed by atoms with Gasteiger partial charge in [-0.15, -0.1) is 0 Å². The van der Waals surface area contributed by atoms with E-state index in [4.69, 9.17) is 0 Å². The van der Waals surface area contributed by atoms with E-state index in [-0.39, 0.29) is 11.2 Å². The molecule has 0 heterocycles. The second kappa shape index (κ2) is 5.17. The molecule has 0 aromatic heterocycles. The lowest BCUT2D eigenvalue weighted by Gasteiger charge is -2.19. The number of ketones is 1. The standard InChI is InChI=1S/C23H20O/c1-23(2,3)17-10-12-18-20-13-16(15-7-5-4-6-8-15)9-11-19(20)22(24)21(18)14-17/h4-14H,1-3H3. The Morgan fingerprint density at radius 2 is 1.33 bits per heavy atom. The van der Waals surface area contributed by atoms with E-state index in [0.717, 1.165) is 27.8 Å². The highest BCUT2D eigenvalue weighted by Crippen LogP contribution is 2.40. The van der Waals surface area contributed by atoms with Gasteiger partial charge < -0.3 is 0 Å². The average Bonchev–Trinajstić information content (AvgIpc) is 2.87. The Balaban J connectivity index is 1.87. The van der Waals surface area contributed by atoms with Crippen molar-refractivity contribution in [3.8, 4) is 22.3 Å². The summed E-state index contributed by atoms with van der Waals surface area (Å²) in [6, 6.07) is 22.8. The number of benzene rings is 3. The van der Waals surface area contributed by atoms with Crippen molar-refractivity contribution in [1.29, 1.82) is 0 Å². The second-order valence-corrected chi connectivity index (χ2v) is 7.47. The minimum absolute atomic E-state index is 0.0410. The maximum absolute atomic E-state index is 12.8. The van der Waals surface area contributed by atoms with Crippen LogP contribution in [0.25, 0.3) is 22.3 Å². The first-order valence-electron chi connectivity index (χ1n) is 8.34. The van der Waals surface area contributed by atoms with Crippen molar-refractivity contribution in [1.82, 2.24) is 0 Å². The first-order valence-corrected chi connectivity index (χ1v) is 8.34. The molecule has 0 saturated heterocycles. The number of hydrogen-bond donors (Lipinski definition) is 0. The van der Waals surface area contributed by atoms with Gasteiger partial charge in [0.1, 0.15) is 0 Å². The van der Waals surface area contributed by atoms with Gasteiger partial charge >= 0.3 is 0 Å². The molecule has 4 rings (SSSR count). The van der Waals surface area contributed by atoms with Gasteiger partial charge in [0.2, 0.25) is 0 Å². The third-order valence-corrected chi connectivity index (χ3v) is 4.79. The molecule has 0 radical (unpaired) electrons. The summed E-state index contributed by atoms with van der Waals surface area (Å²) >= 11 is 0. The fraction of sp³-hybridized carbons (Fsp3) is 0.174. The molecule has 0 amide bonds. The topological polar surface area (TPSA) is 17.1 Å². The minimum atomic E-state index is 0.0410. The maximum Gasteiger partial charge on any atom is 0.194 e. The van der Waals surface area contributed by atoms with Crippen LogP contribution in [0.5, 0.6) is 0 Å². The molecule has 1 aliphatic rings. The largest absolute Gasteiger partial charge is 0.289 e. The molecule has 0 saturated carbocycles. The SMILES string of the molecule is CC(C)(C)c1ccc2c(c1)C(=O)c1ccc(-c3ccccc3)cc1-2. The quantitative estimate of drug-likeness (QED) is 0.430. The molecular formula is C23H20O. The molecule has 0 unspecified atom stereocenters. The molecular weight excluding hydrogens is 292 g/mol. The first-order chi connectivity index (χ1) is 11.4. The van der Waals surface area contributed by atoms with E-state index in [2.05, 4.69) is 57.2 Å². The Hall–Kier alpha value is -2.67. The van der Waals surface area contributed by atoms with Crippen molar-refractivity contribution in [3.05, 3.63) is 83.4 Å². The molecule has 1 nitrogen and oxygen atoms in total. The Morgan fingerprint density at radius 3 is 2.04 bits per heavy atom. The highest BCUT2D eigenvalue weighted by atomic mass is 16.1. The summed E-state index contributed by atoms with van der Waals surface area (Å²) in [7, 11) is 0. The highest BCUT2D eigenvalue weighted by molar-refractivity contribution is 6.22. The van der Waals surface area contributed by atoms with Gasteiger partial charge in [0.05, 0.1) is 0 Å². The zero-order chi connectivity index (χ0) is 16.9. The minimum Gasteiger partial charge on any atom is -0.289 e. The van der Waals surface area contributed by atoms with Gasteiger partial charge in [-0.3, -0.25) is 4.79 Å². The summed E-state index contributed by atoms with van der Waals surface area (Å²) in [5.74, 6) is 0.144. The van der Waals surface area contributed by atoms with Crippen molar-refractivity contribution in [2.45, 2.75) is 26.2 Å². The number of fused-ring (bicyclic) bond motifs is 3. The molecule has 1 aliphatic carbocycles. The molecule has 3 aromatic carbocycles. The fourth-order valence-electron chi connectivity index (χ4n) is 3.35. The van der Waals surface area contributed by atoms with Gasteiger partial charge in [-0.1, -0.05) is 69.3 Å². The predicted molar refractivity (Wildman–Crippen MR) is 99.4 cm³/mol. The van der Waals surface area contributed by atoms with Gasteiger partial charge in [-0.25, -0.2) is 0 Å². The van der Waals surface area contributed by atoms with Crippen molar-refractivity contribution in [2.24, 2.45) is 0 Å². The van der Waals surface area contributed by atoms with Crippen LogP contribution in [0, 0.1) is 0 Å². The van der Waals surface area contributed by atoms with Crippen LogP contribution in [0.1, 0.15) is 42.3 Å². The van der Waals surface area contributed by atoms with Gasteiger partial charge in [-0.2, -0.15) is 0 Å². The van der Waals surface area contributed by atoms with Gasteiger partial charge in [0, 0.05) is 11.1 Å². The normalized spacial score (nSPS) is 12.9. The van der Waals surface area contributed by atoms with Crippen LogP contribution in [-0.2, 0) is 5.41 Å². The monoisotopic (exact) mass is 312 g/mol. The lowest BCUT2D eigenvalue weighted by atomic mass is 9.85. The van der Waals surface area contributed by atoms with E-state index in [1.165, 1.54) is 11.1 Å². The summed E-state index contributed by atoms with van der Waals surface area (Å²) in [5, 5.41) is 0. The van der Waals surface area contributed by atoms with Crippen LogP contribution in [0.3, 0.4) is 0 Å². The van der Waals surface area contributed by atoms with Crippen LogP contribution >= 0.6 is 0 Å². The van der Waals surface area contributed by atoms with Crippen molar-refractivity contribution < 1.29 is 4.79 Å². The summed E-state index contributed by atoms with van der Waals surface area (Å²) in [4.78, 5) is 12.8. The van der Waals surface area contributed by atoms with E-state index in [0.29, 0.717) is 0 Å².